The first-order chi connectivity index (χ1) is 15.9. The maximum Gasteiger partial charge on any atom is 0.244 e. The molecule has 0 aliphatic rings. The van der Waals surface area contributed by atoms with Gasteiger partial charge in [0, 0.05) is 29.5 Å². The lowest BCUT2D eigenvalue weighted by atomic mass is 10.0. The van der Waals surface area contributed by atoms with E-state index in [9.17, 15) is 14.4 Å². The zero-order chi connectivity index (χ0) is 23.5. The molecule has 0 fully saturated rings. The molecule has 0 atom stereocenters. The van der Waals surface area contributed by atoms with Gasteiger partial charge in [0.15, 0.2) is 5.78 Å². The Hall–Kier alpha value is -4.26. The molecule has 7 heteroatoms. The summed E-state index contributed by atoms with van der Waals surface area (Å²) in [4.78, 5) is 43.1. The van der Waals surface area contributed by atoms with Crippen LogP contribution < -0.4 is 15.5 Å². The molecule has 0 unspecified atom stereocenters. The van der Waals surface area contributed by atoms with E-state index in [1.807, 2.05) is 32.0 Å². The molecule has 7 nitrogen and oxygen atoms in total. The zero-order valence-electron chi connectivity index (χ0n) is 18.6. The molecule has 0 saturated carbocycles. The number of nitrogens with one attached hydrogen (secondary N) is 1. The number of aryl methyl sites for hydroxylation is 2. The molecule has 0 aliphatic carbocycles. The van der Waals surface area contributed by atoms with Crippen molar-refractivity contribution in [2.24, 2.45) is 0 Å². The number of carbonyl (C=O) groups excluding carboxylic acids is 2. The molecule has 2 aromatic heterocycles. The van der Waals surface area contributed by atoms with Crippen molar-refractivity contribution in [3.63, 3.8) is 0 Å². The molecule has 166 valence electrons. The number of nitrogens with zero attached hydrogens (tertiary/aromatic N) is 2. The van der Waals surface area contributed by atoms with Gasteiger partial charge in [-0.25, -0.2) is 0 Å². The van der Waals surface area contributed by atoms with Gasteiger partial charge in [-0.05, 0) is 55.8 Å². The van der Waals surface area contributed by atoms with Crippen LogP contribution in [-0.4, -0.2) is 28.4 Å². The number of anilines is 1. The van der Waals surface area contributed by atoms with E-state index in [2.05, 4.69) is 10.3 Å². The summed E-state index contributed by atoms with van der Waals surface area (Å²) < 4.78 is 6.96. The summed E-state index contributed by atoms with van der Waals surface area (Å²) in [6.45, 7) is 3.70. The van der Waals surface area contributed by atoms with Crippen molar-refractivity contribution in [3.05, 3.63) is 99.6 Å². The number of ether oxygens (including phenoxy) is 1. The highest BCUT2D eigenvalue weighted by Crippen LogP contribution is 2.25. The minimum absolute atomic E-state index is 0.000219. The van der Waals surface area contributed by atoms with Crippen molar-refractivity contribution in [2.75, 3.05) is 12.4 Å². The Morgan fingerprint density at radius 1 is 1.00 bits per heavy atom. The predicted octanol–water partition coefficient (Wildman–Crippen LogP) is 3.89. The predicted molar refractivity (Wildman–Crippen MR) is 127 cm³/mol. The van der Waals surface area contributed by atoms with E-state index in [1.54, 1.807) is 34.9 Å². The van der Waals surface area contributed by atoms with Gasteiger partial charge in [0.25, 0.3) is 0 Å². The number of methoxy groups -OCH3 is 1. The molecule has 4 aromatic rings. The van der Waals surface area contributed by atoms with Crippen LogP contribution in [0.1, 0.15) is 27.0 Å². The van der Waals surface area contributed by atoms with Crippen LogP contribution >= 0.6 is 0 Å². The van der Waals surface area contributed by atoms with Crippen molar-refractivity contribution in [1.29, 1.82) is 0 Å². The van der Waals surface area contributed by atoms with Crippen LogP contribution in [0.4, 0.5) is 5.69 Å². The minimum atomic E-state index is -0.416. The van der Waals surface area contributed by atoms with Crippen molar-refractivity contribution < 1.29 is 14.3 Å². The van der Waals surface area contributed by atoms with Crippen LogP contribution in [0.25, 0.3) is 10.9 Å². The van der Waals surface area contributed by atoms with Crippen LogP contribution in [-0.2, 0) is 11.3 Å². The highest BCUT2D eigenvalue weighted by atomic mass is 16.5. The Bertz CT molecular complexity index is 1430. The first-order valence-corrected chi connectivity index (χ1v) is 10.4. The van der Waals surface area contributed by atoms with E-state index < -0.39 is 5.78 Å². The van der Waals surface area contributed by atoms with E-state index in [0.717, 1.165) is 11.1 Å². The molecule has 33 heavy (non-hydrogen) atoms. The Balaban J connectivity index is 1.76. The second-order valence-corrected chi connectivity index (χ2v) is 7.84. The molecule has 0 spiro atoms. The molecule has 0 bridgehead atoms. The Morgan fingerprint density at radius 3 is 2.42 bits per heavy atom. The Labute approximate surface area is 190 Å². The van der Waals surface area contributed by atoms with Crippen LogP contribution in [0, 0.1) is 13.8 Å². The number of rotatable bonds is 6. The smallest absolute Gasteiger partial charge is 0.244 e. The number of fused-ring (bicyclic) bond motifs is 1. The van der Waals surface area contributed by atoms with Gasteiger partial charge >= 0.3 is 0 Å². The second-order valence-electron chi connectivity index (χ2n) is 7.84. The van der Waals surface area contributed by atoms with Crippen molar-refractivity contribution >= 4 is 28.3 Å². The number of hydrogen-bond acceptors (Lipinski definition) is 5. The molecule has 2 aromatic carbocycles. The van der Waals surface area contributed by atoms with Gasteiger partial charge < -0.3 is 14.6 Å². The second kappa shape index (κ2) is 9.08. The lowest BCUT2D eigenvalue weighted by molar-refractivity contribution is -0.116. The number of amides is 1. The lowest BCUT2D eigenvalue weighted by Gasteiger charge is -2.15. The summed E-state index contributed by atoms with van der Waals surface area (Å²) >= 11 is 0. The van der Waals surface area contributed by atoms with E-state index in [4.69, 9.17) is 4.74 Å². The minimum Gasteiger partial charge on any atom is -0.495 e. The first-order valence-electron chi connectivity index (χ1n) is 10.4. The number of carbonyl (C=O) groups is 2. The fraction of sp³-hybridized carbons (Fsp3) is 0.154. The van der Waals surface area contributed by atoms with E-state index in [-0.39, 0.29) is 23.4 Å². The maximum absolute atomic E-state index is 13.2. The number of ketones is 1. The van der Waals surface area contributed by atoms with Crippen LogP contribution in [0.3, 0.4) is 0 Å². The third-order valence-corrected chi connectivity index (χ3v) is 5.37. The fourth-order valence-corrected chi connectivity index (χ4v) is 3.73. The summed E-state index contributed by atoms with van der Waals surface area (Å²) in [7, 11) is 1.54. The summed E-state index contributed by atoms with van der Waals surface area (Å²) in [5, 5.41) is 3.25. The van der Waals surface area contributed by atoms with Crippen LogP contribution in [0.15, 0.2) is 71.9 Å². The Kier molecular flexibility index (Phi) is 6.04. The van der Waals surface area contributed by atoms with Crippen molar-refractivity contribution in [2.45, 2.75) is 20.4 Å². The third-order valence-electron chi connectivity index (χ3n) is 5.37. The summed E-state index contributed by atoms with van der Waals surface area (Å²) in [6.07, 6.45) is 4.45. The van der Waals surface area contributed by atoms with Gasteiger partial charge in [-0.15, -0.1) is 0 Å². The van der Waals surface area contributed by atoms with E-state index in [0.29, 0.717) is 27.9 Å². The summed E-state index contributed by atoms with van der Waals surface area (Å²) in [5.74, 6) is -0.185. The standard InChI is InChI=1S/C26H23N3O4/c1-16-4-6-22-19(12-16)26(32)20(25(31)18-8-10-27-11-9-18)14-29(22)15-24(30)28-21-13-17(2)5-7-23(21)33-3/h4-14H,15H2,1-3H3,(H,28,30). The molecule has 1 N–H and O–H groups in total. The number of benzene rings is 2. The monoisotopic (exact) mass is 441 g/mol. The highest BCUT2D eigenvalue weighted by Gasteiger charge is 2.19. The molecule has 0 radical (unpaired) electrons. The largest absolute Gasteiger partial charge is 0.495 e. The number of pyridine rings is 2. The van der Waals surface area contributed by atoms with Gasteiger partial charge in [-0.3, -0.25) is 19.4 Å². The average Bonchev–Trinajstić information content (AvgIpc) is 2.81. The van der Waals surface area contributed by atoms with E-state index in [1.165, 1.54) is 25.7 Å². The van der Waals surface area contributed by atoms with Gasteiger partial charge in [0.2, 0.25) is 11.3 Å². The van der Waals surface area contributed by atoms with Gasteiger partial charge in [-0.1, -0.05) is 17.7 Å². The average molecular weight is 441 g/mol. The molecule has 4 rings (SSSR count). The van der Waals surface area contributed by atoms with Crippen LogP contribution in [0.5, 0.6) is 5.75 Å². The first kappa shape index (κ1) is 22.0. The molecule has 0 aliphatic heterocycles. The van der Waals surface area contributed by atoms with Gasteiger partial charge in [0.1, 0.15) is 12.3 Å². The third kappa shape index (κ3) is 4.52. The molecular formula is C26H23N3O4. The van der Waals surface area contributed by atoms with Crippen molar-refractivity contribution in [1.82, 2.24) is 9.55 Å². The number of hydrogen-bond donors (Lipinski definition) is 1. The van der Waals surface area contributed by atoms with Gasteiger partial charge in [0.05, 0.1) is 23.9 Å². The van der Waals surface area contributed by atoms with Gasteiger partial charge in [-0.2, -0.15) is 0 Å². The van der Waals surface area contributed by atoms with Crippen molar-refractivity contribution in [3.8, 4) is 5.75 Å². The van der Waals surface area contributed by atoms with Crippen LogP contribution in [0.2, 0.25) is 0 Å². The molecular weight excluding hydrogens is 418 g/mol. The normalized spacial score (nSPS) is 10.8. The molecule has 1 amide bonds. The Morgan fingerprint density at radius 2 is 1.70 bits per heavy atom. The van der Waals surface area contributed by atoms with E-state index >= 15 is 0 Å². The number of aromatic nitrogens is 2. The zero-order valence-corrected chi connectivity index (χ0v) is 18.6. The molecule has 0 saturated heterocycles. The topological polar surface area (TPSA) is 90.3 Å². The fourth-order valence-electron chi connectivity index (χ4n) is 3.73. The lowest BCUT2D eigenvalue weighted by Crippen LogP contribution is -2.24. The summed E-state index contributed by atoms with van der Waals surface area (Å²) in [5.41, 5.74) is 2.97. The highest BCUT2D eigenvalue weighted by molar-refractivity contribution is 6.10. The quantitative estimate of drug-likeness (QED) is 0.459. The SMILES string of the molecule is COc1ccc(C)cc1NC(=O)Cn1cc(C(=O)c2ccncc2)c(=O)c2cc(C)ccc21. The summed E-state index contributed by atoms with van der Waals surface area (Å²) in [6, 6.07) is 14.0. The molecule has 2 heterocycles. The maximum atomic E-state index is 13.2.